The van der Waals surface area contributed by atoms with E-state index in [-0.39, 0.29) is 0 Å². The number of nitrogens with zero attached hydrogens (tertiary/aromatic N) is 5. The summed E-state index contributed by atoms with van der Waals surface area (Å²) >= 11 is 0. The summed E-state index contributed by atoms with van der Waals surface area (Å²) in [7, 11) is 1.93. The highest BCUT2D eigenvalue weighted by Gasteiger charge is 2.56. The molecule has 3 unspecified atom stereocenters. The zero-order valence-corrected chi connectivity index (χ0v) is 16.6. The number of aryl methyl sites for hydroxylation is 2. The number of hydrogen-bond acceptors (Lipinski definition) is 5. The van der Waals surface area contributed by atoms with E-state index in [4.69, 9.17) is 0 Å². The van der Waals surface area contributed by atoms with Crippen molar-refractivity contribution in [2.45, 2.75) is 25.8 Å². The fourth-order valence-electron chi connectivity index (χ4n) is 5.99. The first-order chi connectivity index (χ1) is 13.6. The van der Waals surface area contributed by atoms with Crippen LogP contribution in [0.4, 0.5) is 5.82 Å². The van der Waals surface area contributed by atoms with Gasteiger partial charge < -0.3 is 10.2 Å². The number of aromatic nitrogens is 4. The van der Waals surface area contributed by atoms with Gasteiger partial charge in [-0.1, -0.05) is 12.2 Å². The van der Waals surface area contributed by atoms with Crippen LogP contribution in [0.1, 0.15) is 18.5 Å². The summed E-state index contributed by atoms with van der Waals surface area (Å²) in [6.07, 6.45) is 9.77. The van der Waals surface area contributed by atoms with Crippen LogP contribution in [0.5, 0.6) is 0 Å². The zero-order valence-electron chi connectivity index (χ0n) is 16.6. The number of hydrogen-bond donors (Lipinski definition) is 1. The molecule has 2 saturated carbocycles. The number of likely N-dealkylation sites (tertiary alicyclic amines) is 1. The average Bonchev–Trinajstić information content (AvgIpc) is 3.22. The topological polar surface area (TPSA) is 58.9 Å². The smallest absolute Gasteiger partial charge is 0.148 e. The molecule has 2 aromatic heterocycles. The maximum atomic E-state index is 4.42. The molecule has 146 valence electrons. The van der Waals surface area contributed by atoms with Gasteiger partial charge in [0.2, 0.25) is 0 Å². The second kappa shape index (κ2) is 6.14. The molecule has 0 spiro atoms. The van der Waals surface area contributed by atoms with Crippen LogP contribution in [0.25, 0.3) is 11.3 Å². The highest BCUT2D eigenvalue weighted by Crippen LogP contribution is 2.49. The Kier molecular flexibility index (Phi) is 3.67. The SMILES string of the molecule is Cc1nn(C)cc1-c1ccc(N[C@@H]2[C@@H]3CN(CC4CC5C=CC4C5)C[C@@H]32)nn1. The summed E-state index contributed by atoms with van der Waals surface area (Å²) in [6.45, 7) is 5.82. The molecule has 28 heavy (non-hydrogen) atoms. The van der Waals surface area contributed by atoms with Crippen LogP contribution in [-0.2, 0) is 7.05 Å². The van der Waals surface area contributed by atoms with Crippen molar-refractivity contribution in [3.63, 3.8) is 0 Å². The molecule has 2 bridgehead atoms. The predicted octanol–water partition coefficient (Wildman–Crippen LogP) is 2.74. The van der Waals surface area contributed by atoms with E-state index in [2.05, 4.69) is 43.7 Å². The van der Waals surface area contributed by atoms with Crippen LogP contribution in [0, 0.1) is 36.5 Å². The molecule has 6 heteroatoms. The Labute approximate surface area is 166 Å². The van der Waals surface area contributed by atoms with Crippen molar-refractivity contribution in [3.8, 4) is 11.3 Å². The maximum absolute atomic E-state index is 4.42. The number of allylic oxidation sites excluding steroid dienone is 2. The van der Waals surface area contributed by atoms with E-state index in [1.165, 1.54) is 32.5 Å². The van der Waals surface area contributed by atoms with Gasteiger partial charge >= 0.3 is 0 Å². The third kappa shape index (κ3) is 2.77. The van der Waals surface area contributed by atoms with Crippen molar-refractivity contribution in [1.29, 1.82) is 0 Å². The molecular formula is C22H28N6. The van der Waals surface area contributed by atoms with E-state index >= 15 is 0 Å². The van der Waals surface area contributed by atoms with Crippen molar-refractivity contribution < 1.29 is 0 Å². The van der Waals surface area contributed by atoms with Crippen LogP contribution >= 0.6 is 0 Å². The molecule has 3 aliphatic carbocycles. The standard InChI is InChI=1S/C22H28N6/c1-13-17(10-27(2)26-13)20-5-6-21(25-24-20)23-22-18-11-28(12-19(18)22)9-16-8-14-3-4-15(16)7-14/h3-6,10,14-16,18-19,22H,7-9,11-12H2,1-2H3,(H,23,25)/t14?,15?,16?,18-,19+,22-. The average molecular weight is 377 g/mol. The van der Waals surface area contributed by atoms with Crippen LogP contribution in [-0.4, -0.2) is 50.6 Å². The molecule has 1 N–H and O–H groups in total. The van der Waals surface area contributed by atoms with Gasteiger partial charge in [-0.05, 0) is 61.5 Å². The van der Waals surface area contributed by atoms with E-state index in [1.54, 1.807) is 0 Å². The minimum Gasteiger partial charge on any atom is -0.365 e. The fraction of sp³-hybridized carbons (Fsp3) is 0.591. The number of fused-ring (bicyclic) bond motifs is 3. The van der Waals surface area contributed by atoms with Crippen LogP contribution < -0.4 is 5.32 Å². The normalized spacial score (nSPS) is 35.5. The molecule has 6 rings (SSSR count). The highest BCUT2D eigenvalue weighted by molar-refractivity contribution is 5.61. The molecule has 1 aliphatic heterocycles. The lowest BCUT2D eigenvalue weighted by molar-refractivity contribution is 0.232. The first-order valence-electron chi connectivity index (χ1n) is 10.7. The number of rotatable bonds is 5. The van der Waals surface area contributed by atoms with E-state index < -0.39 is 0 Å². The van der Waals surface area contributed by atoms with Gasteiger partial charge in [-0.25, -0.2) is 0 Å². The van der Waals surface area contributed by atoms with Gasteiger partial charge in [0.1, 0.15) is 5.82 Å². The highest BCUT2D eigenvalue weighted by atomic mass is 15.3. The van der Waals surface area contributed by atoms with Crippen molar-refractivity contribution in [3.05, 3.63) is 36.2 Å². The Morgan fingerprint density at radius 2 is 1.96 bits per heavy atom. The second-order valence-electron chi connectivity index (χ2n) is 9.36. The third-order valence-corrected chi connectivity index (χ3v) is 7.45. The van der Waals surface area contributed by atoms with Crippen LogP contribution in [0.2, 0.25) is 0 Å². The van der Waals surface area contributed by atoms with E-state index in [9.17, 15) is 0 Å². The molecule has 6 atom stereocenters. The van der Waals surface area contributed by atoms with Crippen LogP contribution in [0.15, 0.2) is 30.5 Å². The van der Waals surface area contributed by atoms with E-state index in [0.717, 1.165) is 52.4 Å². The molecule has 0 aromatic carbocycles. The molecule has 4 aliphatic rings. The molecule has 3 heterocycles. The van der Waals surface area contributed by atoms with Gasteiger partial charge in [0.05, 0.1) is 11.4 Å². The maximum Gasteiger partial charge on any atom is 0.148 e. The summed E-state index contributed by atoms with van der Waals surface area (Å²) in [5.74, 6) is 5.14. The molecular weight excluding hydrogens is 348 g/mol. The van der Waals surface area contributed by atoms with Gasteiger partial charge in [0.15, 0.2) is 0 Å². The van der Waals surface area contributed by atoms with Crippen molar-refractivity contribution in [1.82, 2.24) is 24.9 Å². The van der Waals surface area contributed by atoms with Gasteiger partial charge in [0.25, 0.3) is 0 Å². The van der Waals surface area contributed by atoms with Gasteiger partial charge in [-0.3, -0.25) is 4.68 Å². The first kappa shape index (κ1) is 16.7. The summed E-state index contributed by atoms with van der Waals surface area (Å²) in [5, 5.41) is 16.9. The van der Waals surface area contributed by atoms with Crippen LogP contribution in [0.3, 0.4) is 0 Å². The Bertz CT molecular complexity index is 904. The van der Waals surface area contributed by atoms with E-state index in [1.807, 2.05) is 30.9 Å². The number of nitrogens with one attached hydrogen (secondary N) is 1. The largest absolute Gasteiger partial charge is 0.365 e. The molecule has 1 saturated heterocycles. The quantitative estimate of drug-likeness (QED) is 0.813. The first-order valence-corrected chi connectivity index (χ1v) is 10.7. The Morgan fingerprint density at radius 3 is 2.57 bits per heavy atom. The second-order valence-corrected chi connectivity index (χ2v) is 9.36. The monoisotopic (exact) mass is 376 g/mol. The summed E-state index contributed by atoms with van der Waals surface area (Å²) < 4.78 is 1.82. The minimum atomic E-state index is 0.580. The van der Waals surface area contributed by atoms with Crippen molar-refractivity contribution in [2.24, 2.45) is 36.6 Å². The lowest BCUT2D eigenvalue weighted by atomic mass is 9.93. The molecule has 2 aromatic rings. The Hall–Kier alpha value is -2.21. The van der Waals surface area contributed by atoms with E-state index in [0.29, 0.717) is 6.04 Å². The van der Waals surface area contributed by atoms with Gasteiger partial charge in [-0.15, -0.1) is 10.2 Å². The van der Waals surface area contributed by atoms with Crippen molar-refractivity contribution in [2.75, 3.05) is 25.0 Å². The fourth-order valence-corrected chi connectivity index (χ4v) is 5.99. The lowest BCUT2D eigenvalue weighted by Gasteiger charge is -2.26. The molecule has 0 radical (unpaired) electrons. The number of anilines is 1. The molecule has 6 nitrogen and oxygen atoms in total. The third-order valence-electron chi connectivity index (χ3n) is 7.45. The zero-order chi connectivity index (χ0) is 18.8. The summed E-state index contributed by atoms with van der Waals surface area (Å²) in [5.41, 5.74) is 2.93. The van der Waals surface area contributed by atoms with Gasteiger partial charge in [0, 0.05) is 44.5 Å². The summed E-state index contributed by atoms with van der Waals surface area (Å²) in [4.78, 5) is 2.71. The Balaban J connectivity index is 1.03. The lowest BCUT2D eigenvalue weighted by Crippen LogP contribution is -2.33. The van der Waals surface area contributed by atoms with Gasteiger partial charge in [-0.2, -0.15) is 5.10 Å². The predicted molar refractivity (Wildman–Crippen MR) is 109 cm³/mol. The Morgan fingerprint density at radius 1 is 1.11 bits per heavy atom. The molecule has 3 fully saturated rings. The molecule has 0 amide bonds. The summed E-state index contributed by atoms with van der Waals surface area (Å²) in [6, 6.07) is 4.69. The van der Waals surface area contributed by atoms with Crippen molar-refractivity contribution >= 4 is 5.82 Å². The number of piperidine rings is 1. The minimum absolute atomic E-state index is 0.580.